The average Bonchev–Trinajstić information content (AvgIpc) is 2.49. The number of carbonyl (C=O) groups is 1. The van der Waals surface area contributed by atoms with Gasteiger partial charge in [-0.3, -0.25) is 4.79 Å². The summed E-state index contributed by atoms with van der Waals surface area (Å²) >= 11 is 0. The predicted molar refractivity (Wildman–Crippen MR) is 80.7 cm³/mol. The minimum absolute atomic E-state index is 0.0224. The van der Waals surface area contributed by atoms with Crippen LogP contribution in [0.2, 0.25) is 0 Å². The SMILES string of the molecule is CCc1cc(NC(=O)C2(CN)CCOCC2)ccc1C. The summed E-state index contributed by atoms with van der Waals surface area (Å²) in [4.78, 5) is 12.6. The molecule has 1 heterocycles. The fraction of sp³-hybridized carbons (Fsp3) is 0.562. The van der Waals surface area contributed by atoms with Gasteiger partial charge >= 0.3 is 0 Å². The maximum Gasteiger partial charge on any atom is 0.232 e. The molecule has 2 rings (SSSR count). The Kier molecular flexibility index (Phi) is 4.78. The van der Waals surface area contributed by atoms with E-state index in [-0.39, 0.29) is 5.91 Å². The highest BCUT2D eigenvalue weighted by molar-refractivity contribution is 5.95. The second-order valence-electron chi connectivity index (χ2n) is 5.55. The normalized spacial score (nSPS) is 17.8. The van der Waals surface area contributed by atoms with Gasteiger partial charge in [-0.15, -0.1) is 0 Å². The maximum atomic E-state index is 12.6. The van der Waals surface area contributed by atoms with E-state index in [0.717, 1.165) is 12.1 Å². The fourth-order valence-electron chi connectivity index (χ4n) is 2.68. The summed E-state index contributed by atoms with van der Waals surface area (Å²) in [7, 11) is 0. The maximum absolute atomic E-state index is 12.6. The molecule has 0 bridgehead atoms. The Balaban J connectivity index is 2.14. The van der Waals surface area contributed by atoms with E-state index in [2.05, 4.69) is 25.2 Å². The Morgan fingerprint density at radius 3 is 2.70 bits per heavy atom. The van der Waals surface area contributed by atoms with E-state index in [0.29, 0.717) is 32.6 Å². The molecule has 1 aliphatic rings. The summed E-state index contributed by atoms with van der Waals surface area (Å²) in [6, 6.07) is 6.06. The molecular weight excluding hydrogens is 252 g/mol. The lowest BCUT2D eigenvalue weighted by molar-refractivity contribution is -0.130. The zero-order chi connectivity index (χ0) is 14.6. The van der Waals surface area contributed by atoms with Crippen LogP contribution in [-0.2, 0) is 16.0 Å². The first-order valence-electron chi connectivity index (χ1n) is 7.30. The topological polar surface area (TPSA) is 64.4 Å². The summed E-state index contributed by atoms with van der Waals surface area (Å²) in [6.07, 6.45) is 2.36. The fourth-order valence-corrected chi connectivity index (χ4v) is 2.68. The van der Waals surface area contributed by atoms with Crippen LogP contribution < -0.4 is 11.1 Å². The van der Waals surface area contributed by atoms with Crippen molar-refractivity contribution in [3.63, 3.8) is 0 Å². The van der Waals surface area contributed by atoms with Crippen LogP contribution in [-0.4, -0.2) is 25.7 Å². The van der Waals surface area contributed by atoms with E-state index < -0.39 is 5.41 Å². The molecule has 1 amide bonds. The first kappa shape index (κ1) is 15.0. The molecule has 3 N–H and O–H groups in total. The van der Waals surface area contributed by atoms with Crippen molar-refractivity contribution in [2.75, 3.05) is 25.1 Å². The minimum Gasteiger partial charge on any atom is -0.381 e. The predicted octanol–water partition coefficient (Wildman–Crippen LogP) is 2.25. The molecule has 110 valence electrons. The van der Waals surface area contributed by atoms with Gasteiger partial charge in [0.2, 0.25) is 5.91 Å². The van der Waals surface area contributed by atoms with Crippen LogP contribution in [0.25, 0.3) is 0 Å². The third-order valence-electron chi connectivity index (χ3n) is 4.31. The Hall–Kier alpha value is -1.39. The van der Waals surface area contributed by atoms with Crippen molar-refractivity contribution in [2.24, 2.45) is 11.1 Å². The first-order valence-corrected chi connectivity index (χ1v) is 7.30. The quantitative estimate of drug-likeness (QED) is 0.886. The Morgan fingerprint density at radius 1 is 1.40 bits per heavy atom. The monoisotopic (exact) mass is 276 g/mol. The van der Waals surface area contributed by atoms with Crippen LogP contribution in [0.4, 0.5) is 5.69 Å². The van der Waals surface area contributed by atoms with Gasteiger partial charge in [0.15, 0.2) is 0 Å². The molecule has 0 radical (unpaired) electrons. The van der Waals surface area contributed by atoms with E-state index in [1.54, 1.807) is 0 Å². The van der Waals surface area contributed by atoms with Gasteiger partial charge in [0, 0.05) is 25.4 Å². The summed E-state index contributed by atoms with van der Waals surface area (Å²) in [5, 5.41) is 3.03. The average molecular weight is 276 g/mol. The lowest BCUT2D eigenvalue weighted by Gasteiger charge is -2.34. The van der Waals surface area contributed by atoms with Crippen molar-refractivity contribution in [3.8, 4) is 0 Å². The molecular formula is C16H24N2O2. The molecule has 0 aliphatic carbocycles. The number of anilines is 1. The van der Waals surface area contributed by atoms with Crippen LogP contribution in [0.5, 0.6) is 0 Å². The molecule has 4 heteroatoms. The number of rotatable bonds is 4. The summed E-state index contributed by atoms with van der Waals surface area (Å²) in [5.74, 6) is 0.0224. The molecule has 1 aliphatic heterocycles. The summed E-state index contributed by atoms with van der Waals surface area (Å²) < 4.78 is 5.34. The van der Waals surface area contributed by atoms with Gasteiger partial charge in [0.25, 0.3) is 0 Å². The van der Waals surface area contributed by atoms with E-state index in [9.17, 15) is 4.79 Å². The number of carbonyl (C=O) groups excluding carboxylic acids is 1. The van der Waals surface area contributed by atoms with Crippen LogP contribution in [0, 0.1) is 12.3 Å². The number of hydrogen-bond acceptors (Lipinski definition) is 3. The molecule has 0 unspecified atom stereocenters. The Labute approximate surface area is 120 Å². The Bertz CT molecular complexity index is 479. The second kappa shape index (κ2) is 6.37. The number of hydrogen-bond donors (Lipinski definition) is 2. The second-order valence-corrected chi connectivity index (χ2v) is 5.55. The summed E-state index contributed by atoms with van der Waals surface area (Å²) in [6.45, 7) is 5.80. The smallest absolute Gasteiger partial charge is 0.232 e. The van der Waals surface area contributed by atoms with E-state index in [1.807, 2.05) is 12.1 Å². The van der Waals surface area contributed by atoms with Gasteiger partial charge in [0.1, 0.15) is 0 Å². The summed E-state index contributed by atoms with van der Waals surface area (Å²) in [5.41, 5.74) is 8.75. The highest BCUT2D eigenvalue weighted by Crippen LogP contribution is 2.31. The standard InChI is InChI=1S/C16H24N2O2/c1-3-13-10-14(5-4-12(13)2)18-15(19)16(11-17)6-8-20-9-7-16/h4-5,10H,3,6-9,11,17H2,1-2H3,(H,18,19). The number of ether oxygens (including phenoxy) is 1. The third-order valence-corrected chi connectivity index (χ3v) is 4.31. The number of aryl methyl sites for hydroxylation is 2. The highest BCUT2D eigenvalue weighted by Gasteiger charge is 2.38. The van der Waals surface area contributed by atoms with E-state index in [4.69, 9.17) is 10.5 Å². The minimum atomic E-state index is -0.477. The largest absolute Gasteiger partial charge is 0.381 e. The zero-order valence-electron chi connectivity index (χ0n) is 12.4. The van der Waals surface area contributed by atoms with Crippen molar-refractivity contribution < 1.29 is 9.53 Å². The van der Waals surface area contributed by atoms with Crippen molar-refractivity contribution in [1.29, 1.82) is 0 Å². The molecule has 4 nitrogen and oxygen atoms in total. The van der Waals surface area contributed by atoms with Crippen LogP contribution in [0.1, 0.15) is 30.9 Å². The highest BCUT2D eigenvalue weighted by atomic mass is 16.5. The Morgan fingerprint density at radius 2 is 2.10 bits per heavy atom. The number of nitrogens with one attached hydrogen (secondary N) is 1. The molecule has 1 aromatic rings. The molecule has 0 aromatic heterocycles. The molecule has 0 saturated carbocycles. The van der Waals surface area contributed by atoms with Crippen molar-refractivity contribution in [3.05, 3.63) is 29.3 Å². The number of amides is 1. The molecule has 1 aromatic carbocycles. The number of nitrogens with two attached hydrogens (primary N) is 1. The van der Waals surface area contributed by atoms with Crippen molar-refractivity contribution in [2.45, 2.75) is 33.1 Å². The first-order chi connectivity index (χ1) is 9.61. The molecule has 1 saturated heterocycles. The molecule has 1 fully saturated rings. The molecule has 0 spiro atoms. The van der Waals surface area contributed by atoms with Crippen LogP contribution >= 0.6 is 0 Å². The van der Waals surface area contributed by atoms with Gasteiger partial charge in [-0.25, -0.2) is 0 Å². The van der Waals surface area contributed by atoms with Gasteiger partial charge in [-0.2, -0.15) is 0 Å². The van der Waals surface area contributed by atoms with E-state index in [1.165, 1.54) is 11.1 Å². The van der Waals surface area contributed by atoms with Crippen molar-refractivity contribution in [1.82, 2.24) is 0 Å². The van der Waals surface area contributed by atoms with Crippen LogP contribution in [0.15, 0.2) is 18.2 Å². The zero-order valence-corrected chi connectivity index (χ0v) is 12.4. The van der Waals surface area contributed by atoms with Gasteiger partial charge in [0.05, 0.1) is 5.41 Å². The molecule has 20 heavy (non-hydrogen) atoms. The number of benzene rings is 1. The molecule has 0 atom stereocenters. The van der Waals surface area contributed by atoms with Crippen LogP contribution in [0.3, 0.4) is 0 Å². The van der Waals surface area contributed by atoms with Gasteiger partial charge in [-0.1, -0.05) is 13.0 Å². The lowest BCUT2D eigenvalue weighted by atomic mass is 9.79. The van der Waals surface area contributed by atoms with E-state index >= 15 is 0 Å². The van der Waals surface area contributed by atoms with Crippen molar-refractivity contribution >= 4 is 11.6 Å². The van der Waals surface area contributed by atoms with Gasteiger partial charge < -0.3 is 15.8 Å². The third kappa shape index (κ3) is 3.02. The lowest BCUT2D eigenvalue weighted by Crippen LogP contribution is -2.46. The van der Waals surface area contributed by atoms with Gasteiger partial charge in [-0.05, 0) is 49.4 Å².